The van der Waals surface area contributed by atoms with Crippen LogP contribution in [-0.2, 0) is 11.2 Å². The number of hydrogen-bond acceptors (Lipinski definition) is 4. The number of rotatable bonds is 7. The first-order chi connectivity index (χ1) is 9.69. The molecule has 1 amide bonds. The molecule has 20 heavy (non-hydrogen) atoms. The van der Waals surface area contributed by atoms with Crippen molar-refractivity contribution in [1.29, 1.82) is 0 Å². The van der Waals surface area contributed by atoms with Gasteiger partial charge in [-0.3, -0.25) is 4.79 Å². The Balaban J connectivity index is 1.73. The fourth-order valence-electron chi connectivity index (χ4n) is 2.11. The van der Waals surface area contributed by atoms with Crippen LogP contribution in [0, 0.1) is 0 Å². The number of hydrogen-bond donors (Lipinski definition) is 2. The van der Waals surface area contributed by atoms with Gasteiger partial charge in [-0.15, -0.1) is 0 Å². The number of nitrogens with one attached hydrogen (secondary N) is 1. The van der Waals surface area contributed by atoms with E-state index in [1.807, 2.05) is 25.1 Å². The van der Waals surface area contributed by atoms with Crippen LogP contribution >= 0.6 is 0 Å². The molecule has 0 saturated carbocycles. The van der Waals surface area contributed by atoms with Gasteiger partial charge in [0.05, 0.1) is 6.10 Å². The SMILES string of the molecule is CCCC(O)CNC(=O)CCc1ccc2c(c1)OCO2. The second kappa shape index (κ2) is 7.14. The summed E-state index contributed by atoms with van der Waals surface area (Å²) < 4.78 is 10.5. The Morgan fingerprint density at radius 3 is 3.00 bits per heavy atom. The molecule has 2 N–H and O–H groups in total. The van der Waals surface area contributed by atoms with Crippen LogP contribution in [0.3, 0.4) is 0 Å². The average Bonchev–Trinajstić information content (AvgIpc) is 2.90. The monoisotopic (exact) mass is 279 g/mol. The van der Waals surface area contributed by atoms with E-state index in [0.717, 1.165) is 23.5 Å². The molecule has 0 spiro atoms. The Morgan fingerprint density at radius 2 is 2.20 bits per heavy atom. The van der Waals surface area contributed by atoms with Crippen LogP contribution in [0.4, 0.5) is 0 Å². The molecule has 0 radical (unpaired) electrons. The first kappa shape index (κ1) is 14.7. The maximum absolute atomic E-state index is 11.7. The first-order valence-corrected chi connectivity index (χ1v) is 7.02. The lowest BCUT2D eigenvalue weighted by Gasteiger charge is -2.10. The number of carbonyl (C=O) groups excluding carboxylic acids is 1. The number of fused-ring (bicyclic) bond motifs is 1. The smallest absolute Gasteiger partial charge is 0.231 e. The standard InChI is InChI=1S/C15H21NO4/c1-2-3-12(17)9-16-15(18)7-5-11-4-6-13-14(8-11)20-10-19-13/h4,6,8,12,17H,2-3,5,7,9-10H2,1H3,(H,16,18). The van der Waals surface area contributed by atoms with Crippen LogP contribution < -0.4 is 14.8 Å². The summed E-state index contributed by atoms with van der Waals surface area (Å²) in [4.78, 5) is 11.7. The third-order valence-corrected chi connectivity index (χ3v) is 3.23. The Hall–Kier alpha value is -1.75. The lowest BCUT2D eigenvalue weighted by atomic mass is 10.1. The fraction of sp³-hybridized carbons (Fsp3) is 0.533. The van der Waals surface area contributed by atoms with E-state index >= 15 is 0 Å². The van der Waals surface area contributed by atoms with Gasteiger partial charge >= 0.3 is 0 Å². The van der Waals surface area contributed by atoms with E-state index in [2.05, 4.69) is 5.32 Å². The van der Waals surface area contributed by atoms with Crippen molar-refractivity contribution in [2.24, 2.45) is 0 Å². The summed E-state index contributed by atoms with van der Waals surface area (Å²) >= 11 is 0. The van der Waals surface area contributed by atoms with E-state index in [4.69, 9.17) is 9.47 Å². The molecule has 5 nitrogen and oxygen atoms in total. The van der Waals surface area contributed by atoms with Crippen LogP contribution in [0.5, 0.6) is 11.5 Å². The van der Waals surface area contributed by atoms with E-state index in [0.29, 0.717) is 25.8 Å². The topological polar surface area (TPSA) is 67.8 Å². The molecule has 1 aromatic carbocycles. The third-order valence-electron chi connectivity index (χ3n) is 3.23. The van der Waals surface area contributed by atoms with E-state index in [-0.39, 0.29) is 12.7 Å². The second-order valence-corrected chi connectivity index (χ2v) is 4.93. The summed E-state index contributed by atoms with van der Waals surface area (Å²) in [5.41, 5.74) is 1.04. The summed E-state index contributed by atoms with van der Waals surface area (Å²) in [7, 11) is 0. The van der Waals surface area contributed by atoms with Crippen LogP contribution in [0.25, 0.3) is 0 Å². The highest BCUT2D eigenvalue weighted by Gasteiger charge is 2.13. The molecular formula is C15H21NO4. The number of amides is 1. The molecule has 0 aliphatic carbocycles. The second-order valence-electron chi connectivity index (χ2n) is 4.93. The molecule has 0 bridgehead atoms. The normalized spacial score (nSPS) is 14.1. The molecule has 110 valence electrons. The van der Waals surface area contributed by atoms with Gasteiger partial charge in [0.1, 0.15) is 0 Å². The number of benzene rings is 1. The van der Waals surface area contributed by atoms with Gasteiger partial charge in [-0.2, -0.15) is 0 Å². The van der Waals surface area contributed by atoms with Gasteiger partial charge < -0.3 is 19.9 Å². The predicted octanol–water partition coefficient (Wildman–Crippen LogP) is 1.63. The summed E-state index contributed by atoms with van der Waals surface area (Å²) in [6.07, 6.45) is 2.22. The van der Waals surface area contributed by atoms with Crippen LogP contribution in [0.15, 0.2) is 18.2 Å². The zero-order valence-corrected chi connectivity index (χ0v) is 11.7. The predicted molar refractivity (Wildman–Crippen MR) is 74.8 cm³/mol. The van der Waals surface area contributed by atoms with Gasteiger partial charge in [0.25, 0.3) is 0 Å². The number of ether oxygens (including phenoxy) is 2. The number of aliphatic hydroxyl groups excluding tert-OH is 1. The summed E-state index contributed by atoms with van der Waals surface area (Å²) in [5.74, 6) is 1.44. The third kappa shape index (κ3) is 4.13. The minimum Gasteiger partial charge on any atom is -0.454 e. The molecule has 1 unspecified atom stereocenters. The fourth-order valence-corrected chi connectivity index (χ4v) is 2.11. The van der Waals surface area contributed by atoms with Crippen molar-refractivity contribution >= 4 is 5.91 Å². The van der Waals surface area contributed by atoms with Crippen LogP contribution in [0.1, 0.15) is 31.7 Å². The highest BCUT2D eigenvalue weighted by atomic mass is 16.7. The Bertz CT molecular complexity index is 461. The van der Waals surface area contributed by atoms with Crippen molar-refractivity contribution in [2.45, 2.75) is 38.7 Å². The van der Waals surface area contributed by atoms with Gasteiger partial charge in [0.15, 0.2) is 11.5 Å². The summed E-state index contributed by atoms with van der Waals surface area (Å²) in [6, 6.07) is 5.70. The number of aliphatic hydroxyl groups is 1. The van der Waals surface area contributed by atoms with Crippen molar-refractivity contribution in [3.05, 3.63) is 23.8 Å². The van der Waals surface area contributed by atoms with E-state index in [1.165, 1.54) is 0 Å². The molecule has 1 heterocycles. The molecule has 0 fully saturated rings. The number of carbonyl (C=O) groups is 1. The highest BCUT2D eigenvalue weighted by molar-refractivity contribution is 5.76. The van der Waals surface area contributed by atoms with Gasteiger partial charge in [0.2, 0.25) is 12.7 Å². The largest absolute Gasteiger partial charge is 0.454 e. The molecular weight excluding hydrogens is 258 g/mol. The zero-order chi connectivity index (χ0) is 14.4. The van der Waals surface area contributed by atoms with Crippen molar-refractivity contribution in [3.63, 3.8) is 0 Å². The van der Waals surface area contributed by atoms with Crippen molar-refractivity contribution in [1.82, 2.24) is 5.32 Å². The van der Waals surface area contributed by atoms with Crippen LogP contribution in [0.2, 0.25) is 0 Å². The Labute approximate surface area is 118 Å². The van der Waals surface area contributed by atoms with Crippen molar-refractivity contribution in [2.75, 3.05) is 13.3 Å². The number of aryl methyl sites for hydroxylation is 1. The summed E-state index contributed by atoms with van der Waals surface area (Å²) in [5, 5.41) is 12.3. The molecule has 1 aliphatic rings. The maximum atomic E-state index is 11.7. The molecule has 1 atom stereocenters. The molecule has 0 aromatic heterocycles. The van der Waals surface area contributed by atoms with E-state index < -0.39 is 6.10 Å². The summed E-state index contributed by atoms with van der Waals surface area (Å²) in [6.45, 7) is 2.59. The zero-order valence-electron chi connectivity index (χ0n) is 11.7. The molecule has 0 saturated heterocycles. The van der Waals surface area contributed by atoms with Crippen molar-refractivity contribution < 1.29 is 19.4 Å². The molecule has 1 aromatic rings. The lowest BCUT2D eigenvalue weighted by molar-refractivity contribution is -0.121. The molecule has 2 rings (SSSR count). The van der Waals surface area contributed by atoms with Gasteiger partial charge in [-0.05, 0) is 30.5 Å². The average molecular weight is 279 g/mol. The maximum Gasteiger partial charge on any atom is 0.231 e. The first-order valence-electron chi connectivity index (χ1n) is 7.02. The highest BCUT2D eigenvalue weighted by Crippen LogP contribution is 2.32. The van der Waals surface area contributed by atoms with Gasteiger partial charge in [0, 0.05) is 13.0 Å². The minimum absolute atomic E-state index is 0.0437. The van der Waals surface area contributed by atoms with Crippen molar-refractivity contribution in [3.8, 4) is 11.5 Å². The quantitative estimate of drug-likeness (QED) is 0.796. The Kier molecular flexibility index (Phi) is 5.24. The van der Waals surface area contributed by atoms with E-state index in [1.54, 1.807) is 0 Å². The molecule has 1 aliphatic heterocycles. The van der Waals surface area contributed by atoms with Crippen LogP contribution in [-0.4, -0.2) is 30.5 Å². The minimum atomic E-state index is -0.450. The Morgan fingerprint density at radius 1 is 1.40 bits per heavy atom. The van der Waals surface area contributed by atoms with E-state index in [9.17, 15) is 9.90 Å². The van der Waals surface area contributed by atoms with Gasteiger partial charge in [-0.1, -0.05) is 19.4 Å². The van der Waals surface area contributed by atoms with Gasteiger partial charge in [-0.25, -0.2) is 0 Å². The lowest BCUT2D eigenvalue weighted by Crippen LogP contribution is -2.32. The molecule has 5 heteroatoms.